The summed E-state index contributed by atoms with van der Waals surface area (Å²) in [4.78, 5) is 11.3. The van der Waals surface area contributed by atoms with Gasteiger partial charge in [-0.3, -0.25) is 0 Å². The lowest BCUT2D eigenvalue weighted by atomic mass is 10.0. The van der Waals surface area contributed by atoms with Gasteiger partial charge in [0.05, 0.1) is 6.61 Å². The topological polar surface area (TPSA) is 38.3 Å². The van der Waals surface area contributed by atoms with E-state index in [1.165, 1.54) is 0 Å². The molecule has 0 amide bonds. The van der Waals surface area contributed by atoms with E-state index in [2.05, 4.69) is 19.2 Å². The van der Waals surface area contributed by atoms with Crippen LogP contribution in [-0.2, 0) is 9.53 Å². The summed E-state index contributed by atoms with van der Waals surface area (Å²) >= 11 is 0. The monoisotopic (exact) mass is 199 g/mol. The van der Waals surface area contributed by atoms with Crippen LogP contribution in [0.4, 0.5) is 0 Å². The highest BCUT2D eigenvalue weighted by atomic mass is 16.5. The molecule has 0 aliphatic heterocycles. The molecule has 3 nitrogen and oxygen atoms in total. The van der Waals surface area contributed by atoms with Crippen molar-refractivity contribution >= 4 is 5.97 Å². The third-order valence-electron chi connectivity index (χ3n) is 2.08. The van der Waals surface area contributed by atoms with Crippen LogP contribution >= 0.6 is 0 Å². The maximum atomic E-state index is 11.3. The first-order chi connectivity index (χ1) is 6.52. The molecule has 0 aliphatic rings. The van der Waals surface area contributed by atoms with Crippen LogP contribution in [0.15, 0.2) is 11.6 Å². The van der Waals surface area contributed by atoms with E-state index in [1.54, 1.807) is 6.92 Å². The molecule has 1 N–H and O–H groups in total. The molecule has 0 aromatic rings. The van der Waals surface area contributed by atoms with Crippen molar-refractivity contribution in [2.24, 2.45) is 5.92 Å². The Balaban J connectivity index is 4.39. The van der Waals surface area contributed by atoms with Gasteiger partial charge in [0.1, 0.15) is 0 Å². The van der Waals surface area contributed by atoms with Gasteiger partial charge in [0.2, 0.25) is 0 Å². The molecule has 0 saturated heterocycles. The molecule has 1 atom stereocenters. The minimum atomic E-state index is -0.228. The van der Waals surface area contributed by atoms with Gasteiger partial charge in [-0.25, -0.2) is 4.79 Å². The van der Waals surface area contributed by atoms with Crippen molar-refractivity contribution in [3.05, 3.63) is 11.6 Å². The average Bonchev–Trinajstić information content (AvgIpc) is 2.13. The molecule has 14 heavy (non-hydrogen) atoms. The van der Waals surface area contributed by atoms with Crippen LogP contribution in [-0.4, -0.2) is 25.7 Å². The van der Waals surface area contributed by atoms with E-state index in [0.29, 0.717) is 18.1 Å². The van der Waals surface area contributed by atoms with Gasteiger partial charge in [0, 0.05) is 11.6 Å². The van der Waals surface area contributed by atoms with Crippen molar-refractivity contribution in [2.45, 2.75) is 33.7 Å². The molecule has 0 spiro atoms. The zero-order valence-corrected chi connectivity index (χ0v) is 9.76. The number of hydrogen-bond donors (Lipinski definition) is 1. The normalized spacial score (nSPS) is 14.3. The van der Waals surface area contributed by atoms with Gasteiger partial charge in [0.15, 0.2) is 0 Å². The highest BCUT2D eigenvalue weighted by molar-refractivity contribution is 5.87. The van der Waals surface area contributed by atoms with Crippen LogP contribution in [0.1, 0.15) is 27.7 Å². The number of nitrogens with one attached hydrogen (secondary N) is 1. The van der Waals surface area contributed by atoms with Crippen LogP contribution < -0.4 is 5.32 Å². The number of ether oxygens (including phenoxy) is 1. The number of likely N-dealkylation sites (N-methyl/N-ethyl adjacent to an activating group) is 1. The molecule has 0 aliphatic carbocycles. The van der Waals surface area contributed by atoms with E-state index < -0.39 is 0 Å². The van der Waals surface area contributed by atoms with Gasteiger partial charge >= 0.3 is 5.97 Å². The highest BCUT2D eigenvalue weighted by Gasteiger charge is 2.11. The Hall–Kier alpha value is -0.830. The van der Waals surface area contributed by atoms with Gasteiger partial charge in [-0.05, 0) is 26.8 Å². The quantitative estimate of drug-likeness (QED) is 0.541. The summed E-state index contributed by atoms with van der Waals surface area (Å²) in [5.41, 5.74) is 0.667. The third-order valence-corrected chi connectivity index (χ3v) is 2.08. The lowest BCUT2D eigenvalue weighted by molar-refractivity contribution is -0.138. The molecule has 0 radical (unpaired) electrons. The minimum Gasteiger partial charge on any atom is -0.463 e. The van der Waals surface area contributed by atoms with Gasteiger partial charge in [-0.15, -0.1) is 0 Å². The summed E-state index contributed by atoms with van der Waals surface area (Å²) in [5.74, 6) is 0.234. The van der Waals surface area contributed by atoms with E-state index in [9.17, 15) is 4.79 Å². The number of esters is 1. The molecule has 3 heteroatoms. The minimum absolute atomic E-state index is 0.222. The SMILES string of the molecule is CCOC(=O)/C(C)=C/[C@H](NC)C(C)C. The molecule has 0 aromatic heterocycles. The van der Waals surface area contributed by atoms with Crippen LogP contribution in [0.5, 0.6) is 0 Å². The van der Waals surface area contributed by atoms with Gasteiger partial charge in [0.25, 0.3) is 0 Å². The Bertz CT molecular complexity index is 209. The molecule has 0 heterocycles. The zero-order valence-electron chi connectivity index (χ0n) is 9.76. The average molecular weight is 199 g/mol. The molecular weight excluding hydrogens is 178 g/mol. The highest BCUT2D eigenvalue weighted by Crippen LogP contribution is 2.06. The Labute approximate surface area is 86.5 Å². The lowest BCUT2D eigenvalue weighted by Crippen LogP contribution is -2.29. The van der Waals surface area contributed by atoms with Crippen molar-refractivity contribution in [1.82, 2.24) is 5.32 Å². The second-order valence-corrected chi connectivity index (χ2v) is 3.63. The lowest BCUT2D eigenvalue weighted by Gasteiger charge is -2.16. The molecule has 82 valence electrons. The maximum Gasteiger partial charge on any atom is 0.333 e. The van der Waals surface area contributed by atoms with Crippen LogP contribution in [0, 0.1) is 5.92 Å². The van der Waals surface area contributed by atoms with Crippen molar-refractivity contribution in [3.63, 3.8) is 0 Å². The summed E-state index contributed by atoms with van der Waals surface area (Å²) < 4.78 is 4.89. The van der Waals surface area contributed by atoms with E-state index in [-0.39, 0.29) is 12.0 Å². The van der Waals surface area contributed by atoms with Crippen molar-refractivity contribution < 1.29 is 9.53 Å². The number of carbonyl (C=O) groups excluding carboxylic acids is 1. The first-order valence-corrected chi connectivity index (χ1v) is 5.05. The first-order valence-electron chi connectivity index (χ1n) is 5.05. The summed E-state index contributed by atoms with van der Waals surface area (Å²) in [5, 5.41) is 3.15. The number of rotatable bonds is 5. The summed E-state index contributed by atoms with van der Waals surface area (Å²) in [7, 11) is 1.89. The molecule has 0 saturated carbocycles. The fourth-order valence-corrected chi connectivity index (χ4v) is 1.19. The standard InChI is InChI=1S/C11H21NO2/c1-6-14-11(13)9(4)7-10(12-5)8(2)3/h7-8,10,12H,6H2,1-5H3/b9-7+/t10-/m0/s1. The molecule has 0 unspecified atom stereocenters. The van der Waals surface area contributed by atoms with Crippen molar-refractivity contribution in [3.8, 4) is 0 Å². The molecule has 0 rings (SSSR count). The Morgan fingerprint density at radius 2 is 2.07 bits per heavy atom. The zero-order chi connectivity index (χ0) is 11.1. The molecule has 0 fully saturated rings. The Kier molecular flexibility index (Phi) is 6.21. The van der Waals surface area contributed by atoms with Gasteiger partial charge in [-0.1, -0.05) is 19.9 Å². The van der Waals surface area contributed by atoms with Crippen LogP contribution in [0.2, 0.25) is 0 Å². The van der Waals surface area contributed by atoms with Crippen molar-refractivity contribution in [1.29, 1.82) is 0 Å². The number of carbonyl (C=O) groups is 1. The molecule has 0 bridgehead atoms. The fraction of sp³-hybridized carbons (Fsp3) is 0.727. The first kappa shape index (κ1) is 13.2. The second-order valence-electron chi connectivity index (χ2n) is 3.63. The van der Waals surface area contributed by atoms with Gasteiger partial charge < -0.3 is 10.1 Å². The predicted octanol–water partition coefficient (Wildman–Crippen LogP) is 1.74. The summed E-state index contributed by atoms with van der Waals surface area (Å²) in [6.45, 7) is 8.23. The Morgan fingerprint density at radius 1 is 1.50 bits per heavy atom. The summed E-state index contributed by atoms with van der Waals surface area (Å²) in [6.07, 6.45) is 1.92. The van der Waals surface area contributed by atoms with E-state index >= 15 is 0 Å². The predicted molar refractivity (Wildman–Crippen MR) is 58.1 cm³/mol. The maximum absolute atomic E-state index is 11.3. The molecule has 0 aromatic carbocycles. The fourth-order valence-electron chi connectivity index (χ4n) is 1.19. The Morgan fingerprint density at radius 3 is 2.43 bits per heavy atom. The third kappa shape index (κ3) is 4.42. The largest absolute Gasteiger partial charge is 0.463 e. The second kappa shape index (κ2) is 6.60. The van der Waals surface area contributed by atoms with Crippen LogP contribution in [0.3, 0.4) is 0 Å². The van der Waals surface area contributed by atoms with Crippen LogP contribution in [0.25, 0.3) is 0 Å². The van der Waals surface area contributed by atoms with Crippen molar-refractivity contribution in [2.75, 3.05) is 13.7 Å². The molecular formula is C11H21NO2. The van der Waals surface area contributed by atoms with Gasteiger partial charge in [-0.2, -0.15) is 0 Å². The van der Waals surface area contributed by atoms with E-state index in [1.807, 2.05) is 20.0 Å². The summed E-state index contributed by atoms with van der Waals surface area (Å²) in [6, 6.07) is 0.222. The van der Waals surface area contributed by atoms with E-state index in [4.69, 9.17) is 4.74 Å². The number of hydrogen-bond acceptors (Lipinski definition) is 3. The smallest absolute Gasteiger partial charge is 0.333 e. The van der Waals surface area contributed by atoms with E-state index in [0.717, 1.165) is 0 Å².